The van der Waals surface area contributed by atoms with Crippen molar-refractivity contribution in [2.75, 3.05) is 0 Å². The van der Waals surface area contributed by atoms with Crippen LogP contribution in [0.1, 0.15) is 23.0 Å². The molecule has 12 heavy (non-hydrogen) atoms. The molecule has 4 heteroatoms. The van der Waals surface area contributed by atoms with Crippen LogP contribution in [0.5, 0.6) is 0 Å². The molecule has 2 atom stereocenters. The molecule has 0 N–H and O–H groups in total. The molecule has 0 radical (unpaired) electrons. The summed E-state index contributed by atoms with van der Waals surface area (Å²) in [5.74, 6) is 0.353. The summed E-state index contributed by atoms with van der Waals surface area (Å²) in [5, 5.41) is 2.85. The van der Waals surface area contributed by atoms with E-state index in [4.69, 9.17) is 11.6 Å². The number of halogens is 1. The van der Waals surface area contributed by atoms with Crippen molar-refractivity contribution >= 4 is 28.2 Å². The first-order valence-corrected chi connectivity index (χ1v) is 5.05. The summed E-state index contributed by atoms with van der Waals surface area (Å²) in [4.78, 5) is 15.1. The summed E-state index contributed by atoms with van der Waals surface area (Å²) in [6.45, 7) is 1.96. The predicted octanol–water partition coefficient (Wildman–Crippen LogP) is 2.32. The highest BCUT2D eigenvalue weighted by Gasteiger charge is 2.44. The molecule has 1 aliphatic carbocycles. The summed E-state index contributed by atoms with van der Waals surface area (Å²) in [6, 6.07) is 0. The van der Waals surface area contributed by atoms with Gasteiger partial charge in [0.15, 0.2) is 0 Å². The van der Waals surface area contributed by atoms with E-state index in [0.29, 0.717) is 5.92 Å². The largest absolute Gasteiger partial charge is 0.281 e. The maximum atomic E-state index is 10.7. The minimum atomic E-state index is -0.215. The molecule has 0 saturated heterocycles. The van der Waals surface area contributed by atoms with E-state index in [0.717, 1.165) is 17.1 Å². The molecule has 0 bridgehead atoms. The molecule has 64 valence electrons. The van der Waals surface area contributed by atoms with Gasteiger partial charge >= 0.3 is 0 Å². The van der Waals surface area contributed by atoms with Crippen LogP contribution < -0.4 is 0 Å². The molecule has 1 aliphatic rings. The Morgan fingerprint density at radius 3 is 3.00 bits per heavy atom. The van der Waals surface area contributed by atoms with E-state index < -0.39 is 0 Å². The molecule has 0 amide bonds. The van der Waals surface area contributed by atoms with E-state index in [1.165, 1.54) is 0 Å². The lowest BCUT2D eigenvalue weighted by molar-refractivity contribution is -0.112. The number of aromatic nitrogens is 1. The van der Waals surface area contributed by atoms with E-state index in [-0.39, 0.29) is 11.2 Å². The lowest BCUT2D eigenvalue weighted by Gasteiger charge is -1.88. The third kappa shape index (κ3) is 1.39. The van der Waals surface area contributed by atoms with Crippen LogP contribution in [0.2, 0.25) is 0 Å². The maximum Gasteiger partial charge on any atom is 0.225 e. The van der Waals surface area contributed by atoms with Gasteiger partial charge in [-0.3, -0.25) is 4.79 Å². The first-order valence-electron chi connectivity index (χ1n) is 3.80. The van der Waals surface area contributed by atoms with Crippen LogP contribution in [0.4, 0.5) is 0 Å². The van der Waals surface area contributed by atoms with Gasteiger partial charge in [-0.15, -0.1) is 11.3 Å². The maximum absolute atomic E-state index is 10.7. The van der Waals surface area contributed by atoms with Gasteiger partial charge in [-0.1, -0.05) is 0 Å². The summed E-state index contributed by atoms with van der Waals surface area (Å²) in [7, 11) is 0. The standard InChI is InChI=1S/C8H8ClNOS/c1-4-3-12-8(10-4)6-2-5(6)7(9)11/h3,5-6H,2H2,1H3/t5-,6-/m0/s1. The second-order valence-electron chi connectivity index (χ2n) is 3.08. The summed E-state index contributed by atoms with van der Waals surface area (Å²) >= 11 is 6.98. The fourth-order valence-corrected chi connectivity index (χ4v) is 2.48. The fourth-order valence-electron chi connectivity index (χ4n) is 1.26. The smallest absolute Gasteiger partial charge is 0.225 e. The van der Waals surface area contributed by atoms with Gasteiger partial charge in [0.2, 0.25) is 5.24 Å². The molecule has 2 rings (SSSR count). The van der Waals surface area contributed by atoms with Crippen molar-refractivity contribution in [1.82, 2.24) is 4.98 Å². The number of thiazole rings is 1. The first-order chi connectivity index (χ1) is 5.68. The second-order valence-corrected chi connectivity index (χ2v) is 4.34. The summed E-state index contributed by atoms with van der Waals surface area (Å²) in [6.07, 6.45) is 0.884. The molecule has 1 fully saturated rings. The SMILES string of the molecule is Cc1csc([C@H]2C[C@@H]2C(=O)Cl)n1. The molecule has 0 unspecified atom stereocenters. The molecular weight excluding hydrogens is 194 g/mol. The normalized spacial score (nSPS) is 27.2. The Morgan fingerprint density at radius 1 is 1.83 bits per heavy atom. The Hall–Kier alpha value is -0.410. The molecule has 2 nitrogen and oxygen atoms in total. The van der Waals surface area contributed by atoms with Crippen molar-refractivity contribution in [2.24, 2.45) is 5.92 Å². The molecular formula is C8H8ClNOS. The summed E-state index contributed by atoms with van der Waals surface area (Å²) in [5.41, 5.74) is 1.03. The van der Waals surface area contributed by atoms with E-state index >= 15 is 0 Å². The van der Waals surface area contributed by atoms with Gasteiger partial charge in [-0.2, -0.15) is 0 Å². The van der Waals surface area contributed by atoms with Crippen LogP contribution in [0.25, 0.3) is 0 Å². The number of carbonyl (C=O) groups excluding carboxylic acids is 1. The number of hydrogen-bond acceptors (Lipinski definition) is 3. The van der Waals surface area contributed by atoms with Gasteiger partial charge in [-0.25, -0.2) is 4.98 Å². The van der Waals surface area contributed by atoms with Crippen LogP contribution in [0.15, 0.2) is 5.38 Å². The van der Waals surface area contributed by atoms with Crippen LogP contribution in [0.3, 0.4) is 0 Å². The molecule has 1 aromatic heterocycles. The lowest BCUT2D eigenvalue weighted by Crippen LogP contribution is -1.91. The minimum absolute atomic E-state index is 0.0391. The number of rotatable bonds is 2. The van der Waals surface area contributed by atoms with E-state index in [1.807, 2.05) is 12.3 Å². The first kappa shape index (κ1) is 8.20. The quantitative estimate of drug-likeness (QED) is 0.688. The minimum Gasteiger partial charge on any atom is -0.281 e. The number of aryl methyl sites for hydroxylation is 1. The van der Waals surface area contributed by atoms with Crippen LogP contribution in [-0.2, 0) is 4.79 Å². The molecule has 0 aliphatic heterocycles. The van der Waals surface area contributed by atoms with Crippen molar-refractivity contribution in [2.45, 2.75) is 19.3 Å². The average molecular weight is 202 g/mol. The van der Waals surface area contributed by atoms with Crippen molar-refractivity contribution in [3.05, 3.63) is 16.1 Å². The van der Waals surface area contributed by atoms with E-state index in [1.54, 1.807) is 11.3 Å². The Labute approximate surface area is 79.6 Å². The van der Waals surface area contributed by atoms with Gasteiger partial charge in [0.1, 0.15) is 0 Å². The highest BCUT2D eigenvalue weighted by molar-refractivity contribution is 7.09. The fraction of sp³-hybridized carbons (Fsp3) is 0.500. The number of carbonyl (C=O) groups is 1. The third-order valence-corrected chi connectivity index (χ3v) is 3.41. The zero-order valence-corrected chi connectivity index (χ0v) is 8.15. The van der Waals surface area contributed by atoms with Gasteiger partial charge in [0, 0.05) is 22.9 Å². The molecule has 1 saturated carbocycles. The van der Waals surface area contributed by atoms with Crippen molar-refractivity contribution in [1.29, 1.82) is 0 Å². The third-order valence-electron chi connectivity index (χ3n) is 2.04. The highest BCUT2D eigenvalue weighted by Crippen LogP contribution is 2.49. The zero-order valence-electron chi connectivity index (χ0n) is 6.58. The van der Waals surface area contributed by atoms with Crippen molar-refractivity contribution in [3.8, 4) is 0 Å². The monoisotopic (exact) mass is 201 g/mol. The Balaban J connectivity index is 2.10. The van der Waals surface area contributed by atoms with Crippen molar-refractivity contribution < 1.29 is 4.79 Å². The zero-order chi connectivity index (χ0) is 8.72. The predicted molar refractivity (Wildman–Crippen MR) is 48.6 cm³/mol. The van der Waals surface area contributed by atoms with E-state index in [2.05, 4.69) is 4.98 Å². The molecule has 1 heterocycles. The average Bonchev–Trinajstić information content (AvgIpc) is 2.70. The van der Waals surface area contributed by atoms with Gasteiger partial charge in [0.05, 0.1) is 5.01 Å². The van der Waals surface area contributed by atoms with Crippen LogP contribution in [-0.4, -0.2) is 10.2 Å². The van der Waals surface area contributed by atoms with E-state index in [9.17, 15) is 4.79 Å². The Bertz CT molecular complexity index is 323. The van der Waals surface area contributed by atoms with Gasteiger partial charge in [-0.05, 0) is 24.9 Å². The van der Waals surface area contributed by atoms with Crippen LogP contribution >= 0.6 is 22.9 Å². The van der Waals surface area contributed by atoms with Crippen molar-refractivity contribution in [3.63, 3.8) is 0 Å². The van der Waals surface area contributed by atoms with Crippen LogP contribution in [0, 0.1) is 12.8 Å². The highest BCUT2D eigenvalue weighted by atomic mass is 35.5. The molecule has 0 aromatic carbocycles. The topological polar surface area (TPSA) is 30.0 Å². The second kappa shape index (κ2) is 2.82. The summed E-state index contributed by atoms with van der Waals surface area (Å²) < 4.78 is 0. The van der Waals surface area contributed by atoms with Gasteiger partial charge < -0.3 is 0 Å². The lowest BCUT2D eigenvalue weighted by atomic mass is 10.3. The molecule has 1 aromatic rings. The Morgan fingerprint density at radius 2 is 2.58 bits per heavy atom. The number of nitrogens with zero attached hydrogens (tertiary/aromatic N) is 1. The van der Waals surface area contributed by atoms with Gasteiger partial charge in [0.25, 0.3) is 0 Å². The number of hydrogen-bond donors (Lipinski definition) is 0. The Kier molecular flexibility index (Phi) is 1.93. The molecule has 0 spiro atoms.